The van der Waals surface area contributed by atoms with Crippen LogP contribution in [0.3, 0.4) is 0 Å². The van der Waals surface area contributed by atoms with Crippen LogP contribution in [0.15, 0.2) is 84.9 Å². The molecule has 174 valence electrons. The number of aryl methyl sites for hydroxylation is 1. The highest BCUT2D eigenvalue weighted by atomic mass is 16.6. The number of benzene rings is 4. The molecule has 0 saturated carbocycles. The van der Waals surface area contributed by atoms with Crippen molar-refractivity contribution in [3.05, 3.63) is 113 Å². The number of anilines is 2. The van der Waals surface area contributed by atoms with E-state index in [1.807, 2.05) is 54.6 Å². The van der Waals surface area contributed by atoms with Crippen LogP contribution in [0.25, 0.3) is 0 Å². The molecular weight excluding hydrogens is 438 g/mol. The lowest BCUT2D eigenvalue weighted by molar-refractivity contribution is 0.0223. The van der Waals surface area contributed by atoms with Gasteiger partial charge < -0.3 is 19.1 Å². The lowest BCUT2D eigenvalue weighted by atomic mass is 9.77. The van der Waals surface area contributed by atoms with Gasteiger partial charge in [-0.25, -0.2) is 4.79 Å². The Labute approximate surface area is 204 Å². The highest BCUT2D eigenvalue weighted by molar-refractivity contribution is 6.00. The molecule has 2 aliphatic rings. The Morgan fingerprint density at radius 1 is 0.829 bits per heavy atom. The third-order valence-corrected chi connectivity index (χ3v) is 6.86. The SMILES string of the molecule is CCN(c1ccc(C)cc1)c1cc(OC)c2c(c1)C1(OC2=O)c2ccccc2Oc2ccccc21. The summed E-state index contributed by atoms with van der Waals surface area (Å²) in [5.41, 5.74) is 4.84. The van der Waals surface area contributed by atoms with Crippen molar-refractivity contribution in [1.29, 1.82) is 0 Å². The molecule has 0 fully saturated rings. The Morgan fingerprint density at radius 3 is 2.06 bits per heavy atom. The van der Waals surface area contributed by atoms with Crippen LogP contribution in [0, 0.1) is 6.92 Å². The van der Waals surface area contributed by atoms with Crippen molar-refractivity contribution >= 4 is 17.3 Å². The Balaban J connectivity index is 1.65. The minimum absolute atomic E-state index is 0.409. The van der Waals surface area contributed by atoms with Crippen LogP contribution >= 0.6 is 0 Å². The molecule has 0 bridgehead atoms. The van der Waals surface area contributed by atoms with E-state index in [1.54, 1.807) is 7.11 Å². The number of carbonyl (C=O) groups excluding carboxylic acids is 1. The third-order valence-electron chi connectivity index (χ3n) is 6.86. The van der Waals surface area contributed by atoms with Crippen LogP contribution in [0.5, 0.6) is 17.2 Å². The highest BCUT2D eigenvalue weighted by Crippen LogP contribution is 2.57. The summed E-state index contributed by atoms with van der Waals surface area (Å²) in [6, 6.07) is 27.9. The first kappa shape index (κ1) is 21.3. The zero-order chi connectivity index (χ0) is 24.2. The number of ether oxygens (including phenoxy) is 3. The summed E-state index contributed by atoms with van der Waals surface area (Å²) in [5, 5.41) is 0. The Kier molecular flexibility index (Phi) is 4.81. The Morgan fingerprint density at radius 2 is 1.46 bits per heavy atom. The van der Waals surface area contributed by atoms with E-state index in [-0.39, 0.29) is 0 Å². The van der Waals surface area contributed by atoms with E-state index in [2.05, 4.69) is 49.1 Å². The normalized spacial score (nSPS) is 14.4. The second-order valence-corrected chi connectivity index (χ2v) is 8.82. The fraction of sp³-hybridized carbons (Fsp3) is 0.167. The Bertz CT molecular complexity index is 1410. The van der Waals surface area contributed by atoms with Gasteiger partial charge in [-0.2, -0.15) is 0 Å². The lowest BCUT2D eigenvalue weighted by Gasteiger charge is -2.36. The number of hydrogen-bond acceptors (Lipinski definition) is 5. The van der Waals surface area contributed by atoms with Crippen molar-refractivity contribution in [3.8, 4) is 17.2 Å². The van der Waals surface area contributed by atoms with E-state index in [4.69, 9.17) is 14.2 Å². The first-order chi connectivity index (χ1) is 17.1. The molecule has 0 amide bonds. The quantitative estimate of drug-likeness (QED) is 0.314. The predicted octanol–water partition coefficient (Wildman–Crippen LogP) is 6.73. The van der Waals surface area contributed by atoms with Gasteiger partial charge in [0, 0.05) is 40.7 Å². The van der Waals surface area contributed by atoms with Gasteiger partial charge in [-0.15, -0.1) is 0 Å². The second kappa shape index (κ2) is 7.91. The largest absolute Gasteiger partial charge is 0.496 e. The van der Waals surface area contributed by atoms with Crippen LogP contribution in [0.1, 0.15) is 39.5 Å². The first-order valence-electron chi connectivity index (χ1n) is 11.7. The molecule has 1 spiro atoms. The van der Waals surface area contributed by atoms with Crippen molar-refractivity contribution in [2.75, 3.05) is 18.6 Å². The van der Waals surface area contributed by atoms with E-state index in [0.717, 1.165) is 34.6 Å². The molecule has 4 aromatic carbocycles. The number of fused-ring (bicyclic) bond motifs is 6. The number of carbonyl (C=O) groups is 1. The minimum Gasteiger partial charge on any atom is -0.496 e. The predicted molar refractivity (Wildman–Crippen MR) is 135 cm³/mol. The zero-order valence-electron chi connectivity index (χ0n) is 19.9. The summed E-state index contributed by atoms with van der Waals surface area (Å²) in [4.78, 5) is 15.6. The number of hydrogen-bond donors (Lipinski definition) is 0. The maximum absolute atomic E-state index is 13.4. The van der Waals surface area contributed by atoms with Crippen LogP contribution in [-0.4, -0.2) is 19.6 Å². The maximum Gasteiger partial charge on any atom is 0.343 e. The van der Waals surface area contributed by atoms with Crippen molar-refractivity contribution in [1.82, 2.24) is 0 Å². The molecular formula is C30H25NO4. The number of nitrogens with zero attached hydrogens (tertiary/aromatic N) is 1. The average Bonchev–Trinajstić information content (AvgIpc) is 3.18. The monoisotopic (exact) mass is 463 g/mol. The lowest BCUT2D eigenvalue weighted by Crippen LogP contribution is -2.33. The van der Waals surface area contributed by atoms with Gasteiger partial charge in [-0.1, -0.05) is 54.1 Å². The van der Waals surface area contributed by atoms with Crippen LogP contribution < -0.4 is 14.4 Å². The van der Waals surface area contributed by atoms with Crippen LogP contribution in [0.2, 0.25) is 0 Å². The summed E-state index contributed by atoms with van der Waals surface area (Å²) in [7, 11) is 1.59. The van der Waals surface area contributed by atoms with Gasteiger partial charge in [0.05, 0.1) is 7.11 Å². The molecule has 0 aliphatic carbocycles. The number of methoxy groups -OCH3 is 1. The number of rotatable bonds is 4. The van der Waals surface area contributed by atoms with Gasteiger partial charge in [0.15, 0.2) is 5.60 Å². The van der Waals surface area contributed by atoms with Gasteiger partial charge >= 0.3 is 5.97 Å². The van der Waals surface area contributed by atoms with Gasteiger partial charge in [0.2, 0.25) is 0 Å². The van der Waals surface area contributed by atoms with E-state index in [9.17, 15) is 4.79 Å². The first-order valence-corrected chi connectivity index (χ1v) is 11.7. The molecule has 6 rings (SSSR count). The molecule has 0 saturated heterocycles. The van der Waals surface area contributed by atoms with Crippen molar-refractivity contribution in [2.24, 2.45) is 0 Å². The van der Waals surface area contributed by atoms with Crippen molar-refractivity contribution in [2.45, 2.75) is 19.4 Å². The van der Waals surface area contributed by atoms with Gasteiger partial charge in [-0.3, -0.25) is 0 Å². The molecule has 0 unspecified atom stereocenters. The van der Waals surface area contributed by atoms with E-state index < -0.39 is 11.6 Å². The molecule has 0 radical (unpaired) electrons. The summed E-state index contributed by atoms with van der Waals surface area (Å²) in [6.45, 7) is 4.92. The molecule has 0 aromatic heterocycles. The Hall–Kier alpha value is -4.25. The molecule has 2 heterocycles. The summed E-state index contributed by atoms with van der Waals surface area (Å²) in [6.07, 6.45) is 0. The molecule has 5 heteroatoms. The number of para-hydroxylation sites is 2. The van der Waals surface area contributed by atoms with Gasteiger partial charge in [0.25, 0.3) is 0 Å². The highest BCUT2D eigenvalue weighted by Gasteiger charge is 2.54. The van der Waals surface area contributed by atoms with Crippen molar-refractivity contribution < 1.29 is 19.0 Å². The molecule has 35 heavy (non-hydrogen) atoms. The summed E-state index contributed by atoms with van der Waals surface area (Å²) >= 11 is 0. The fourth-order valence-corrected chi connectivity index (χ4v) is 5.25. The molecule has 5 nitrogen and oxygen atoms in total. The second-order valence-electron chi connectivity index (χ2n) is 8.82. The average molecular weight is 464 g/mol. The third kappa shape index (κ3) is 3.04. The van der Waals surface area contributed by atoms with Gasteiger partial charge in [0.1, 0.15) is 22.8 Å². The zero-order valence-corrected chi connectivity index (χ0v) is 19.9. The standard InChI is InChI=1S/C30H25NO4/c1-4-31(20-15-13-19(2)14-16-20)21-17-24-28(27(18-21)33-3)29(32)35-30(24)22-9-5-7-11-25(22)34-26-12-8-6-10-23(26)30/h5-18H,4H2,1-3H3. The fourth-order valence-electron chi connectivity index (χ4n) is 5.25. The minimum atomic E-state index is -1.13. The van der Waals surface area contributed by atoms with Crippen LogP contribution in [-0.2, 0) is 10.3 Å². The van der Waals surface area contributed by atoms with Gasteiger partial charge in [-0.05, 0) is 44.2 Å². The summed E-state index contributed by atoms with van der Waals surface area (Å²) in [5.74, 6) is 1.42. The number of esters is 1. The van der Waals surface area contributed by atoms with Crippen molar-refractivity contribution in [3.63, 3.8) is 0 Å². The smallest absolute Gasteiger partial charge is 0.343 e. The molecule has 4 aromatic rings. The van der Waals surface area contributed by atoms with E-state index in [0.29, 0.717) is 22.8 Å². The molecule has 0 N–H and O–H groups in total. The summed E-state index contributed by atoms with van der Waals surface area (Å²) < 4.78 is 18.3. The molecule has 0 atom stereocenters. The topological polar surface area (TPSA) is 48.0 Å². The van der Waals surface area contributed by atoms with E-state index in [1.165, 1.54) is 5.56 Å². The van der Waals surface area contributed by atoms with E-state index >= 15 is 0 Å². The van der Waals surface area contributed by atoms with Crippen LogP contribution in [0.4, 0.5) is 11.4 Å². The maximum atomic E-state index is 13.4. The molecule has 2 aliphatic heterocycles.